The molecule has 149 heavy (non-hydrogen) atoms. The van der Waals surface area contributed by atoms with Gasteiger partial charge >= 0.3 is 0 Å². The Hall–Kier alpha value is -5.08. The van der Waals surface area contributed by atoms with Gasteiger partial charge in [-0.05, 0) is 424 Å². The van der Waals surface area contributed by atoms with Crippen LogP contribution in [-0.4, -0.2) is 132 Å². The molecule has 5 aromatic rings. The Morgan fingerprint density at radius 2 is 0.544 bits per heavy atom. The molecule has 0 aromatic heterocycles. The van der Waals surface area contributed by atoms with Crippen molar-refractivity contribution in [2.45, 2.75) is 437 Å². The quantitative estimate of drug-likeness (QED) is 0.0192. The lowest BCUT2D eigenvalue weighted by atomic mass is 9.54. The van der Waals surface area contributed by atoms with E-state index in [1.54, 1.807) is 84.9 Å². The van der Waals surface area contributed by atoms with Crippen molar-refractivity contribution in [3.05, 3.63) is 143 Å². The molecule has 16 aliphatic carbocycles. The Morgan fingerprint density at radius 3 is 0.933 bits per heavy atom. The molecule has 0 spiro atoms. The summed E-state index contributed by atoms with van der Waals surface area (Å²) in [6, 6.07) is 26.9. The Labute approximate surface area is 924 Å². The topological polar surface area (TPSA) is 376 Å². The molecule has 21 rings (SSSR count). The Morgan fingerprint density at radius 1 is 0.262 bits per heavy atom. The van der Waals surface area contributed by atoms with Crippen LogP contribution in [0.2, 0.25) is 0 Å². The summed E-state index contributed by atoms with van der Waals surface area (Å²) >= 11 is 13.7. The highest BCUT2D eigenvalue weighted by molar-refractivity contribution is 9.15. The SMILES string of the molecule is CC(C)(C)C1CCC(NC(=O)c2ccccc2S(=O)(=O)NC2CCC(C(C)(C)C)CC2)CC1.CC1CCC(NC(=O)c2ccccc2S(=O)(=O)NC2CCC(C)CC2)CC1.CC1CCCCC1NC(=O)c1ccccc1S(=O)(=O)NC1CCCCC1C.O=C(NC1C2CC3CC(C2)CC1C3)c1ccccc1S(=O)(=O)NC1C2CC3CC(C2)CC1C3.O=C(NC1CCCCC1)c1c(Br)c(Br)c(Br)c(Br)c1S(=O)(=O)NC1CCCCC1. The first-order valence-corrected chi connectivity index (χ1v) is 67.1. The number of rotatable bonds is 25. The first-order chi connectivity index (χ1) is 70.6. The van der Waals surface area contributed by atoms with E-state index >= 15 is 0 Å². The monoisotopic (exact) mass is 2400 g/mol. The molecule has 5 amide bonds. The van der Waals surface area contributed by atoms with E-state index in [2.05, 4.69) is 183 Å². The largest absolute Gasteiger partial charge is 0.349 e. The molecule has 34 heteroatoms. The van der Waals surface area contributed by atoms with Crippen LogP contribution in [0.3, 0.4) is 0 Å². The summed E-state index contributed by atoms with van der Waals surface area (Å²) < 4.78 is 149. The molecule has 10 N–H and O–H groups in total. The van der Waals surface area contributed by atoms with Gasteiger partial charge in [-0.25, -0.2) is 65.7 Å². The second kappa shape index (κ2) is 51.7. The zero-order valence-electron chi connectivity index (χ0n) is 89.4. The third-order valence-corrected chi connectivity index (χ3v) is 49.3. The highest BCUT2D eigenvalue weighted by Gasteiger charge is 2.52. The van der Waals surface area contributed by atoms with E-state index in [1.807, 2.05) is 0 Å². The minimum Gasteiger partial charge on any atom is -0.349 e. The third-order valence-electron chi connectivity index (χ3n) is 36.4. The number of carbonyl (C=O) groups is 5. The average molecular weight is 2410 g/mol. The standard InChI is InChI=1S/C27H36N2O3S.C27H44N2O3S.2C21H32N2O3S.C19H24Br4N2O3S/c30-27(28-25-19-7-15-5-16(9-19)10-20(25)8-15)23-3-1-2-4-24(23)33(31,32)29-26-21-11-17-6-18(13-21)14-22(26)12-17;1-26(2,3)19-11-15-21(16-12-19)28-25(30)23-9-7-8-10-24(23)33(31,32)29-22-17-13-20(14-18-22)27(4,5)6;1-15-9-3-6-12-18(15)22-21(24)17-11-5-8-14-20(17)27(25,26)23-19-13-7-4-10-16(19)2;1-15-7-11-17(12-8-15)22-21(24)19-5-3-4-6-20(19)27(25,26)23-18-13-9-16(2)10-14-18;20-14-13(19(26)24-11-7-3-1-4-8-11)18(17(23)16(22)15(14)21)29(27,28)25-12-9-5-2-6-10-12/h1-4,15-22,25-26,29H,5-14H2,(H,28,30);7-10,19-22,29H,11-18H2,1-6H3,(H,28,30);5,8,11,14-16,18-19,23H,3-4,6-7,9-10,12-13H2,1-2H3,(H,22,24);3-6,15-18,23H,7-14H2,1-2H3,(H,22,24);11-12,25H,1-10H2,(H,24,26). The van der Waals surface area contributed by atoms with Crippen LogP contribution in [0.1, 0.15) is 404 Å². The summed E-state index contributed by atoms with van der Waals surface area (Å²) in [5.41, 5.74) is 1.70. The lowest BCUT2D eigenvalue weighted by molar-refractivity contribution is -0.0120. The van der Waals surface area contributed by atoms with Crippen molar-refractivity contribution in [2.75, 3.05) is 0 Å². The van der Waals surface area contributed by atoms with Crippen LogP contribution < -0.4 is 50.2 Å². The summed E-state index contributed by atoms with van der Waals surface area (Å²) in [5, 5.41) is 15.6. The molecule has 4 atom stereocenters. The molecule has 4 unspecified atom stereocenters. The van der Waals surface area contributed by atoms with E-state index in [1.165, 1.54) is 63.5 Å². The van der Waals surface area contributed by atoms with Crippen molar-refractivity contribution in [1.29, 1.82) is 0 Å². The molecule has 16 aliphatic rings. The van der Waals surface area contributed by atoms with E-state index in [-0.39, 0.29) is 148 Å². The van der Waals surface area contributed by atoms with E-state index in [4.69, 9.17) is 0 Å². The van der Waals surface area contributed by atoms with Gasteiger partial charge in [-0.2, -0.15) is 0 Å². The van der Waals surface area contributed by atoms with Crippen molar-refractivity contribution >= 4 is 143 Å². The first-order valence-electron chi connectivity index (χ1n) is 56.5. The van der Waals surface area contributed by atoms with E-state index in [9.17, 15) is 66.1 Å². The van der Waals surface area contributed by atoms with Gasteiger partial charge in [0.25, 0.3) is 29.5 Å². The third kappa shape index (κ3) is 30.7. The van der Waals surface area contributed by atoms with Crippen LogP contribution >= 0.6 is 63.7 Å². The molecule has 16 saturated carbocycles. The highest BCUT2D eigenvalue weighted by Crippen LogP contribution is 2.56. The lowest BCUT2D eigenvalue weighted by Crippen LogP contribution is -2.56. The Balaban J connectivity index is 0.000000140. The highest BCUT2D eigenvalue weighted by atomic mass is 79.9. The number of nitrogens with one attached hydrogen (secondary N) is 10. The van der Waals surface area contributed by atoms with Gasteiger partial charge in [0.2, 0.25) is 50.1 Å². The molecule has 0 radical (unpaired) electrons. The maximum atomic E-state index is 13.6. The fourth-order valence-electron chi connectivity index (χ4n) is 28.0. The first kappa shape index (κ1) is 118. The van der Waals surface area contributed by atoms with E-state index in [0.29, 0.717) is 82.6 Å². The summed E-state index contributed by atoms with van der Waals surface area (Å²) in [6.45, 7) is 22.3. The second-order valence-electron chi connectivity index (χ2n) is 49.5. The molecule has 16 fully saturated rings. The normalized spacial score (nSPS) is 30.3. The van der Waals surface area contributed by atoms with Crippen LogP contribution in [0.5, 0.6) is 0 Å². The van der Waals surface area contributed by atoms with Crippen LogP contribution in [0.15, 0.2) is 139 Å². The van der Waals surface area contributed by atoms with Gasteiger partial charge in [0.1, 0.15) is 4.90 Å². The van der Waals surface area contributed by atoms with Gasteiger partial charge in [-0.1, -0.05) is 182 Å². The lowest BCUT2D eigenvalue weighted by Gasteiger charge is -2.54. The molecule has 826 valence electrons. The van der Waals surface area contributed by atoms with Crippen LogP contribution in [0.4, 0.5) is 0 Å². The maximum absolute atomic E-state index is 13.6. The number of benzene rings is 5. The van der Waals surface area contributed by atoms with Crippen molar-refractivity contribution in [2.24, 2.45) is 93.7 Å². The smallest absolute Gasteiger partial charge is 0.254 e. The van der Waals surface area contributed by atoms with Crippen molar-refractivity contribution in [3.63, 3.8) is 0 Å². The van der Waals surface area contributed by atoms with Gasteiger partial charge in [-0.3, -0.25) is 24.0 Å². The number of hydrogen-bond donors (Lipinski definition) is 10. The molecule has 0 aliphatic heterocycles. The van der Waals surface area contributed by atoms with Crippen LogP contribution in [0.25, 0.3) is 0 Å². The van der Waals surface area contributed by atoms with Crippen LogP contribution in [-0.2, 0) is 50.1 Å². The van der Waals surface area contributed by atoms with Crippen molar-refractivity contribution in [1.82, 2.24) is 50.2 Å². The van der Waals surface area contributed by atoms with Crippen molar-refractivity contribution < 1.29 is 66.1 Å². The van der Waals surface area contributed by atoms with Gasteiger partial charge in [0.05, 0.1) is 51.9 Å². The molecular weight excluding hydrogens is 2240 g/mol. The molecule has 25 nitrogen and oxygen atoms in total. The number of sulfonamides is 5. The molecular formula is C115H168Br4N10O15S5. The molecule has 8 bridgehead atoms. The zero-order chi connectivity index (χ0) is 107. The zero-order valence-corrected chi connectivity index (χ0v) is 99.8. The van der Waals surface area contributed by atoms with Crippen LogP contribution in [0, 0.1) is 93.7 Å². The molecule has 0 heterocycles. The van der Waals surface area contributed by atoms with Gasteiger partial charge in [-0.15, -0.1) is 0 Å². The fraction of sp³-hybridized carbons (Fsp3) is 0.696. The molecule has 5 aromatic carbocycles. The van der Waals surface area contributed by atoms with Gasteiger partial charge < -0.3 is 26.6 Å². The number of amides is 5. The summed E-state index contributed by atoms with van der Waals surface area (Å²) in [4.78, 5) is 65.8. The predicted octanol–water partition coefficient (Wildman–Crippen LogP) is 24.4. The number of halogens is 4. The van der Waals surface area contributed by atoms with Gasteiger partial charge in [0, 0.05) is 73.8 Å². The average Bonchev–Trinajstić information content (AvgIpc) is 0.752. The summed E-state index contributed by atoms with van der Waals surface area (Å²) in [5.74, 6) is 7.29. The Bertz CT molecular complexity index is 6010. The van der Waals surface area contributed by atoms with E-state index < -0.39 is 50.1 Å². The summed E-state index contributed by atoms with van der Waals surface area (Å²) in [7, 11) is -18.9. The summed E-state index contributed by atoms with van der Waals surface area (Å²) in [6.07, 6.45) is 46.4. The minimum absolute atomic E-state index is 0.0293. The Kier molecular flexibility index (Phi) is 40.9. The second-order valence-corrected chi connectivity index (χ2v) is 61.0. The number of hydrogen-bond acceptors (Lipinski definition) is 15. The molecule has 0 saturated heterocycles. The fourth-order valence-corrected chi connectivity index (χ4v) is 38.9. The van der Waals surface area contributed by atoms with Gasteiger partial charge in [0.15, 0.2) is 0 Å². The van der Waals surface area contributed by atoms with E-state index in [0.717, 1.165) is 255 Å². The number of carbonyl (C=O) groups excluding carboxylic acids is 5. The predicted molar refractivity (Wildman–Crippen MR) is 603 cm³/mol. The minimum atomic E-state index is -3.91. The maximum Gasteiger partial charge on any atom is 0.254 e. The van der Waals surface area contributed by atoms with Crippen molar-refractivity contribution in [3.8, 4) is 0 Å².